The third-order valence-corrected chi connectivity index (χ3v) is 4.47. The van der Waals surface area contributed by atoms with Gasteiger partial charge in [-0.3, -0.25) is 4.55 Å². The molecule has 0 aliphatic carbocycles. The van der Waals surface area contributed by atoms with E-state index in [0.717, 1.165) is 0 Å². The summed E-state index contributed by atoms with van der Waals surface area (Å²) in [5, 5.41) is 2.37. The third-order valence-electron chi connectivity index (χ3n) is 2.27. The molecule has 0 amide bonds. The molecule has 0 aromatic heterocycles. The lowest BCUT2D eigenvalue weighted by Gasteiger charge is -2.10. The first kappa shape index (κ1) is 19.1. The van der Waals surface area contributed by atoms with Crippen LogP contribution >= 0.6 is 0 Å². The predicted octanol–water partition coefficient (Wildman–Crippen LogP) is 1.35. The Labute approximate surface area is 126 Å². The van der Waals surface area contributed by atoms with Gasteiger partial charge >= 0.3 is 0 Å². The van der Waals surface area contributed by atoms with Gasteiger partial charge in [0.25, 0.3) is 10.1 Å². The van der Waals surface area contributed by atoms with Crippen molar-refractivity contribution in [3.05, 3.63) is 33.7 Å². The molecule has 0 saturated carbocycles. The van der Waals surface area contributed by atoms with E-state index in [-0.39, 0.29) is 0 Å². The van der Waals surface area contributed by atoms with Crippen LogP contribution in [0.25, 0.3) is 10.4 Å². The Morgan fingerprint density at radius 1 is 1.04 bits per heavy atom. The van der Waals surface area contributed by atoms with Crippen molar-refractivity contribution in [3.8, 4) is 0 Å². The number of nitrogens with zero attached hydrogens (tertiary/aromatic N) is 3. The Morgan fingerprint density at radius 3 is 1.91 bits per heavy atom. The minimum Gasteiger partial charge on any atom is -0.286 e. The molecule has 0 radical (unpaired) electrons. The molecule has 0 unspecified atom stereocenters. The van der Waals surface area contributed by atoms with Gasteiger partial charge in [-0.2, -0.15) is 8.42 Å². The van der Waals surface area contributed by atoms with Gasteiger partial charge in [0.15, 0.2) is 28.2 Å². The molecule has 128 valence electrons. The molecule has 0 heterocycles. The van der Waals surface area contributed by atoms with Crippen molar-refractivity contribution in [2.75, 3.05) is 12.3 Å². The van der Waals surface area contributed by atoms with Gasteiger partial charge in [0.1, 0.15) is 5.69 Å². The molecule has 1 aromatic carbocycles. The molecule has 1 aromatic rings. The highest BCUT2D eigenvalue weighted by atomic mass is 32.2. The average Bonchev–Trinajstić information content (AvgIpc) is 2.39. The Morgan fingerprint density at radius 2 is 1.52 bits per heavy atom. The van der Waals surface area contributed by atoms with Gasteiger partial charge in [-0.15, -0.1) is 0 Å². The molecule has 0 fully saturated rings. The van der Waals surface area contributed by atoms with E-state index in [9.17, 15) is 34.4 Å². The quantitative estimate of drug-likeness (QED) is 0.191. The van der Waals surface area contributed by atoms with Crippen LogP contribution in [-0.4, -0.2) is 33.7 Å². The van der Waals surface area contributed by atoms with Crippen molar-refractivity contribution in [2.45, 2.75) is 4.90 Å². The van der Waals surface area contributed by atoms with Gasteiger partial charge in [0.05, 0.1) is 5.75 Å². The SMILES string of the molecule is [N-]=[N+]=Nc1c(F)c(F)c(S(=O)(=O)NCCS(=O)(=O)O)c(F)c1F. The smallest absolute Gasteiger partial charge is 0.266 e. The molecule has 0 saturated heterocycles. The van der Waals surface area contributed by atoms with Crippen LogP contribution in [0.4, 0.5) is 23.2 Å². The standard InChI is InChI=1S/C8H6F4N4O5S2/c9-3-5(11)8(6(12)4(10)7(3)15-16-13)23(20,21)14-1-2-22(17,18)19/h14H,1-2H2,(H,17,18,19). The van der Waals surface area contributed by atoms with Crippen LogP contribution in [-0.2, 0) is 20.1 Å². The second-order valence-corrected chi connectivity index (χ2v) is 7.08. The van der Waals surface area contributed by atoms with E-state index in [2.05, 4.69) is 5.11 Å². The van der Waals surface area contributed by atoms with Crippen molar-refractivity contribution < 1.29 is 39.0 Å². The Hall–Kier alpha value is -1.93. The fourth-order valence-electron chi connectivity index (χ4n) is 1.35. The van der Waals surface area contributed by atoms with Crippen molar-refractivity contribution in [2.24, 2.45) is 5.11 Å². The van der Waals surface area contributed by atoms with Crippen LogP contribution in [0.3, 0.4) is 0 Å². The summed E-state index contributed by atoms with van der Waals surface area (Å²) in [6.07, 6.45) is 0. The molecule has 0 atom stereocenters. The van der Waals surface area contributed by atoms with E-state index in [1.165, 1.54) is 4.72 Å². The van der Waals surface area contributed by atoms with Crippen molar-refractivity contribution in [3.63, 3.8) is 0 Å². The van der Waals surface area contributed by atoms with E-state index in [1.807, 2.05) is 4.91 Å². The van der Waals surface area contributed by atoms with E-state index in [4.69, 9.17) is 10.1 Å². The van der Waals surface area contributed by atoms with Crippen LogP contribution in [0, 0.1) is 23.3 Å². The normalized spacial score (nSPS) is 12.0. The first-order chi connectivity index (χ1) is 10.4. The molecule has 15 heteroatoms. The van der Waals surface area contributed by atoms with Crippen LogP contribution < -0.4 is 4.72 Å². The van der Waals surface area contributed by atoms with Gasteiger partial charge < -0.3 is 0 Å². The summed E-state index contributed by atoms with van der Waals surface area (Å²) >= 11 is 0. The number of benzene rings is 1. The Bertz CT molecular complexity index is 867. The summed E-state index contributed by atoms with van der Waals surface area (Å²) in [5.74, 6) is -10.4. The highest BCUT2D eigenvalue weighted by molar-refractivity contribution is 7.89. The van der Waals surface area contributed by atoms with Crippen molar-refractivity contribution in [1.82, 2.24) is 4.72 Å². The van der Waals surface area contributed by atoms with Crippen LogP contribution in [0.2, 0.25) is 0 Å². The first-order valence-electron chi connectivity index (χ1n) is 5.28. The number of hydrogen-bond acceptors (Lipinski definition) is 5. The largest absolute Gasteiger partial charge is 0.286 e. The van der Waals surface area contributed by atoms with Crippen molar-refractivity contribution in [1.29, 1.82) is 0 Å². The molecule has 0 spiro atoms. The molecule has 0 bridgehead atoms. The number of rotatable bonds is 6. The summed E-state index contributed by atoms with van der Waals surface area (Å²) in [6, 6.07) is 0. The molecule has 0 aliphatic heterocycles. The first-order valence-corrected chi connectivity index (χ1v) is 8.37. The van der Waals surface area contributed by atoms with Gasteiger partial charge in [0, 0.05) is 11.5 Å². The summed E-state index contributed by atoms with van der Waals surface area (Å²) in [6.45, 7) is -1.03. The van der Waals surface area contributed by atoms with Crippen molar-refractivity contribution >= 4 is 25.8 Å². The number of halogens is 4. The molecule has 23 heavy (non-hydrogen) atoms. The minimum atomic E-state index is -5.21. The number of nitrogens with one attached hydrogen (secondary N) is 1. The number of azide groups is 1. The summed E-state index contributed by atoms with van der Waals surface area (Å²) in [5.41, 5.74) is 6.33. The molecular formula is C8H6F4N4O5S2. The van der Waals surface area contributed by atoms with E-state index < -0.39 is 66.3 Å². The van der Waals surface area contributed by atoms with E-state index >= 15 is 0 Å². The predicted molar refractivity (Wildman–Crippen MR) is 66.7 cm³/mol. The highest BCUT2D eigenvalue weighted by Gasteiger charge is 2.32. The Kier molecular flexibility index (Phi) is 5.55. The fourth-order valence-corrected chi connectivity index (χ4v) is 3.00. The van der Waals surface area contributed by atoms with Gasteiger partial charge in [-0.05, 0) is 5.53 Å². The summed E-state index contributed by atoms with van der Waals surface area (Å²) in [7, 11) is -9.81. The number of hydrogen-bond donors (Lipinski definition) is 2. The summed E-state index contributed by atoms with van der Waals surface area (Å²) in [4.78, 5) is -0.139. The monoisotopic (exact) mass is 378 g/mol. The second-order valence-electron chi connectivity index (χ2n) is 3.81. The van der Waals surface area contributed by atoms with E-state index in [0.29, 0.717) is 0 Å². The van der Waals surface area contributed by atoms with Gasteiger partial charge in [-0.1, -0.05) is 5.11 Å². The van der Waals surface area contributed by atoms with Gasteiger partial charge in [0.2, 0.25) is 10.0 Å². The Balaban J connectivity index is 3.40. The third kappa shape index (κ3) is 4.29. The molecule has 9 nitrogen and oxygen atoms in total. The zero-order valence-corrected chi connectivity index (χ0v) is 12.3. The lowest BCUT2D eigenvalue weighted by molar-refractivity contribution is 0.421. The van der Waals surface area contributed by atoms with Crippen LogP contribution in [0.5, 0.6) is 0 Å². The van der Waals surface area contributed by atoms with E-state index in [1.54, 1.807) is 0 Å². The maximum atomic E-state index is 13.6. The summed E-state index contributed by atoms with van der Waals surface area (Å²) < 4.78 is 108. The lowest BCUT2D eigenvalue weighted by Crippen LogP contribution is -2.31. The topological polar surface area (TPSA) is 149 Å². The zero-order chi connectivity index (χ0) is 18.0. The molecular weight excluding hydrogens is 372 g/mol. The maximum absolute atomic E-state index is 13.6. The highest BCUT2D eigenvalue weighted by Crippen LogP contribution is 2.32. The fraction of sp³-hybridized carbons (Fsp3) is 0.250. The average molecular weight is 378 g/mol. The maximum Gasteiger partial charge on any atom is 0.266 e. The zero-order valence-electron chi connectivity index (χ0n) is 10.7. The van der Waals surface area contributed by atoms with Crippen LogP contribution in [0.15, 0.2) is 10.0 Å². The molecule has 0 aliphatic rings. The molecule has 1 rings (SSSR count). The minimum absolute atomic E-state index is 1.03. The van der Waals surface area contributed by atoms with Gasteiger partial charge in [-0.25, -0.2) is 30.7 Å². The van der Waals surface area contributed by atoms with Crippen LogP contribution in [0.1, 0.15) is 0 Å². The number of sulfonamides is 1. The lowest BCUT2D eigenvalue weighted by atomic mass is 10.2. The second kappa shape index (κ2) is 6.67. The molecule has 2 N–H and O–H groups in total.